The lowest BCUT2D eigenvalue weighted by Crippen LogP contribution is -2.35. The van der Waals surface area contributed by atoms with Crippen LogP contribution in [0.3, 0.4) is 0 Å². The fraction of sp³-hybridized carbons (Fsp3) is 0.435. The summed E-state index contributed by atoms with van der Waals surface area (Å²) >= 11 is 0. The predicted molar refractivity (Wildman–Crippen MR) is 116 cm³/mol. The summed E-state index contributed by atoms with van der Waals surface area (Å²) in [6.07, 6.45) is 0.222. The number of carbonyl (C=O) groups is 1. The predicted octanol–water partition coefficient (Wildman–Crippen LogP) is 3.33. The van der Waals surface area contributed by atoms with Crippen LogP contribution in [0, 0.1) is 17.6 Å². The highest BCUT2D eigenvalue weighted by Crippen LogP contribution is 2.31. The number of halogens is 2. The molecule has 0 saturated heterocycles. The van der Waals surface area contributed by atoms with Gasteiger partial charge in [0.2, 0.25) is 0 Å². The van der Waals surface area contributed by atoms with Crippen LogP contribution in [0.25, 0.3) is 0 Å². The smallest absolute Gasteiger partial charge is 0.251 e. The van der Waals surface area contributed by atoms with Gasteiger partial charge in [0, 0.05) is 44.2 Å². The van der Waals surface area contributed by atoms with Crippen LogP contribution in [0.1, 0.15) is 40.9 Å². The fourth-order valence-electron chi connectivity index (χ4n) is 3.59. The molecule has 0 bridgehead atoms. The molecule has 0 atom stereocenters. The quantitative estimate of drug-likeness (QED) is 0.693. The van der Waals surface area contributed by atoms with Crippen LogP contribution in [0.5, 0.6) is 0 Å². The van der Waals surface area contributed by atoms with E-state index in [9.17, 15) is 13.6 Å². The first-order chi connectivity index (χ1) is 14.2. The molecule has 0 saturated carbocycles. The Labute approximate surface area is 177 Å². The highest BCUT2D eigenvalue weighted by atomic mass is 19.1. The first-order valence-electron chi connectivity index (χ1n) is 10.3. The summed E-state index contributed by atoms with van der Waals surface area (Å²) in [6.45, 7) is 6.99. The van der Waals surface area contributed by atoms with Gasteiger partial charge in [-0.2, -0.15) is 0 Å². The van der Waals surface area contributed by atoms with Crippen molar-refractivity contribution >= 4 is 11.6 Å². The van der Waals surface area contributed by atoms with Gasteiger partial charge in [0.1, 0.15) is 11.6 Å². The molecule has 0 aromatic heterocycles. The third kappa shape index (κ3) is 5.34. The van der Waals surface area contributed by atoms with Gasteiger partial charge < -0.3 is 15.2 Å². The molecule has 162 valence electrons. The minimum Gasteiger partial charge on any atom is -0.351 e. The fourth-order valence-corrected chi connectivity index (χ4v) is 3.59. The maximum Gasteiger partial charge on any atom is 0.251 e. The van der Waals surface area contributed by atoms with E-state index in [1.54, 1.807) is 0 Å². The molecule has 7 heteroatoms. The van der Waals surface area contributed by atoms with Crippen molar-refractivity contribution in [3.8, 4) is 0 Å². The van der Waals surface area contributed by atoms with Gasteiger partial charge >= 0.3 is 0 Å². The first-order valence-corrected chi connectivity index (χ1v) is 10.3. The van der Waals surface area contributed by atoms with E-state index in [4.69, 9.17) is 0 Å². The number of hydrogen-bond acceptors (Lipinski definition) is 4. The summed E-state index contributed by atoms with van der Waals surface area (Å²) in [5.74, 6) is -0.947. The number of carbonyl (C=O) groups excluding carboxylic acids is 1. The number of nitrogens with one attached hydrogen (secondary N) is 2. The van der Waals surface area contributed by atoms with E-state index in [0.29, 0.717) is 30.1 Å². The highest BCUT2D eigenvalue weighted by Gasteiger charge is 2.24. The third-order valence-corrected chi connectivity index (χ3v) is 5.09. The second-order valence-electron chi connectivity index (χ2n) is 8.45. The van der Waals surface area contributed by atoms with Gasteiger partial charge in [-0.1, -0.05) is 26.0 Å². The molecule has 0 spiro atoms. The van der Waals surface area contributed by atoms with Crippen molar-refractivity contribution in [1.82, 2.24) is 15.6 Å². The van der Waals surface area contributed by atoms with Crippen LogP contribution >= 0.6 is 0 Å². The minimum absolute atomic E-state index is 0.187. The maximum absolute atomic E-state index is 14.3. The van der Waals surface area contributed by atoms with Crippen LogP contribution < -0.4 is 15.8 Å². The number of likely N-dealkylation sites (N-methyl/N-ethyl adjacent to an activating group) is 1. The van der Waals surface area contributed by atoms with Crippen molar-refractivity contribution in [2.75, 3.05) is 38.7 Å². The zero-order valence-corrected chi connectivity index (χ0v) is 18.1. The average Bonchev–Trinajstić information content (AvgIpc) is 3.04. The molecule has 2 N–H and O–H groups in total. The molecule has 2 aromatic rings. The van der Waals surface area contributed by atoms with E-state index in [1.807, 2.05) is 31.1 Å². The van der Waals surface area contributed by atoms with Crippen molar-refractivity contribution in [3.63, 3.8) is 0 Å². The van der Waals surface area contributed by atoms with Crippen LogP contribution in [-0.4, -0.2) is 44.5 Å². The molecule has 1 aliphatic rings. The Balaban J connectivity index is 1.94. The second kappa shape index (κ2) is 9.53. The summed E-state index contributed by atoms with van der Waals surface area (Å²) in [5.41, 5.74) is 7.02. The highest BCUT2D eigenvalue weighted by molar-refractivity contribution is 5.97. The average molecular weight is 417 g/mol. The van der Waals surface area contributed by atoms with Gasteiger partial charge in [-0.15, -0.1) is 0 Å². The maximum atomic E-state index is 14.3. The molecule has 1 heterocycles. The lowest BCUT2D eigenvalue weighted by molar-refractivity contribution is 0.0950. The molecule has 30 heavy (non-hydrogen) atoms. The van der Waals surface area contributed by atoms with Crippen molar-refractivity contribution < 1.29 is 13.6 Å². The summed E-state index contributed by atoms with van der Waals surface area (Å²) in [6, 6.07) is 7.42. The molecule has 0 unspecified atom stereocenters. The molecule has 0 fully saturated rings. The van der Waals surface area contributed by atoms with E-state index in [-0.39, 0.29) is 12.3 Å². The topological polar surface area (TPSA) is 47.6 Å². The zero-order chi connectivity index (χ0) is 21.8. The van der Waals surface area contributed by atoms with Gasteiger partial charge in [-0.25, -0.2) is 14.2 Å². The zero-order valence-electron chi connectivity index (χ0n) is 18.1. The number of anilines is 1. The number of amides is 1. The van der Waals surface area contributed by atoms with E-state index in [1.165, 1.54) is 12.1 Å². The van der Waals surface area contributed by atoms with E-state index >= 15 is 0 Å². The lowest BCUT2D eigenvalue weighted by atomic mass is 9.95. The first kappa shape index (κ1) is 22.2. The Hall–Kier alpha value is -2.51. The minimum atomic E-state index is -0.611. The number of fused-ring (bicyclic) bond motifs is 1. The number of benzene rings is 2. The molecule has 0 aliphatic carbocycles. The SMILES string of the molecule is CC(C)CN1NCc2cc(Cc3ccc(F)cc3F)c(C(=O)NCCN(C)C)cc21. The van der Waals surface area contributed by atoms with E-state index in [0.717, 1.165) is 36.0 Å². The Morgan fingerprint density at radius 2 is 1.97 bits per heavy atom. The van der Waals surface area contributed by atoms with Crippen LogP contribution in [0.4, 0.5) is 14.5 Å². The summed E-state index contributed by atoms with van der Waals surface area (Å²) < 4.78 is 27.6. The van der Waals surface area contributed by atoms with Gasteiger partial charge in [-0.05, 0) is 48.8 Å². The van der Waals surface area contributed by atoms with Crippen LogP contribution in [0.2, 0.25) is 0 Å². The molecule has 1 aliphatic heterocycles. The molecule has 5 nitrogen and oxygen atoms in total. The monoisotopic (exact) mass is 416 g/mol. The van der Waals surface area contributed by atoms with Gasteiger partial charge in [0.15, 0.2) is 0 Å². The Morgan fingerprint density at radius 3 is 2.63 bits per heavy atom. The number of rotatable bonds is 8. The normalized spacial score (nSPS) is 13.3. The lowest BCUT2D eigenvalue weighted by Gasteiger charge is -2.22. The Bertz CT molecular complexity index is 914. The molecule has 2 aromatic carbocycles. The molecule has 3 rings (SSSR count). The molecule has 0 radical (unpaired) electrons. The number of hydrogen-bond donors (Lipinski definition) is 2. The van der Waals surface area contributed by atoms with Crippen molar-refractivity contribution in [2.45, 2.75) is 26.8 Å². The van der Waals surface area contributed by atoms with Crippen molar-refractivity contribution in [3.05, 3.63) is 64.2 Å². The Morgan fingerprint density at radius 1 is 1.20 bits per heavy atom. The van der Waals surface area contributed by atoms with Crippen LogP contribution in [0.15, 0.2) is 30.3 Å². The Kier molecular flexibility index (Phi) is 7.05. The van der Waals surface area contributed by atoms with E-state index in [2.05, 4.69) is 29.6 Å². The summed E-state index contributed by atoms with van der Waals surface area (Å²) in [5, 5.41) is 5.02. The van der Waals surface area contributed by atoms with Crippen LogP contribution in [-0.2, 0) is 13.0 Å². The summed E-state index contributed by atoms with van der Waals surface area (Å²) in [7, 11) is 3.89. The number of nitrogens with zero attached hydrogens (tertiary/aromatic N) is 2. The van der Waals surface area contributed by atoms with Crippen molar-refractivity contribution in [1.29, 1.82) is 0 Å². The molecular formula is C23H30F2N4O. The number of hydrazine groups is 1. The molecular weight excluding hydrogens is 386 g/mol. The standard InChI is InChI=1S/C23H30F2N4O/c1-15(2)14-29-22-12-20(23(30)26-7-8-28(3)4)17(10-18(22)13-27-29)9-16-5-6-19(24)11-21(16)25/h5-6,10-12,15,27H,7-9,13-14H2,1-4H3,(H,26,30). The third-order valence-electron chi connectivity index (χ3n) is 5.09. The van der Waals surface area contributed by atoms with Gasteiger partial charge in [-0.3, -0.25) is 4.79 Å². The largest absolute Gasteiger partial charge is 0.351 e. The second-order valence-corrected chi connectivity index (χ2v) is 8.45. The van der Waals surface area contributed by atoms with Crippen molar-refractivity contribution in [2.24, 2.45) is 5.92 Å². The summed E-state index contributed by atoms with van der Waals surface area (Å²) in [4.78, 5) is 15.0. The van der Waals surface area contributed by atoms with Gasteiger partial charge in [0.25, 0.3) is 5.91 Å². The van der Waals surface area contributed by atoms with E-state index < -0.39 is 11.6 Å². The van der Waals surface area contributed by atoms with Gasteiger partial charge in [0.05, 0.1) is 5.69 Å². The molecule has 1 amide bonds.